The van der Waals surface area contributed by atoms with Gasteiger partial charge < -0.3 is 16.8 Å². The number of nitrogens with one attached hydrogen (secondary N) is 1. The fourth-order valence-electron chi connectivity index (χ4n) is 3.14. The van der Waals surface area contributed by atoms with Crippen LogP contribution >= 0.6 is 11.6 Å². The molecule has 1 unspecified atom stereocenters. The Morgan fingerprint density at radius 2 is 2.00 bits per heavy atom. The van der Waals surface area contributed by atoms with Crippen molar-refractivity contribution in [3.05, 3.63) is 59.0 Å². The number of fused-ring (bicyclic) bond motifs is 1. The molecule has 0 aromatic carbocycles. The van der Waals surface area contributed by atoms with Crippen molar-refractivity contribution >= 4 is 40.2 Å². The van der Waals surface area contributed by atoms with E-state index in [9.17, 15) is 5.26 Å². The number of rotatable bonds is 4. The molecule has 144 valence electrons. The lowest BCUT2D eigenvalue weighted by atomic mass is 10.1. The van der Waals surface area contributed by atoms with Gasteiger partial charge in [0.15, 0.2) is 5.82 Å². The Morgan fingerprint density at radius 1 is 1.17 bits per heavy atom. The molecule has 0 aliphatic carbocycles. The third-order valence-electron chi connectivity index (χ3n) is 4.45. The first-order valence-electron chi connectivity index (χ1n) is 8.66. The lowest BCUT2D eigenvalue weighted by molar-refractivity contribution is 0.872. The minimum absolute atomic E-state index is 0.0188. The van der Waals surface area contributed by atoms with Gasteiger partial charge in [-0.25, -0.2) is 9.97 Å². The molecule has 0 fully saturated rings. The Balaban J connectivity index is 1.84. The molecule has 0 aliphatic rings. The van der Waals surface area contributed by atoms with Crippen LogP contribution in [0.5, 0.6) is 0 Å². The number of nitriles is 1. The summed E-state index contributed by atoms with van der Waals surface area (Å²) in [7, 11) is 0. The van der Waals surface area contributed by atoms with Crippen LogP contribution in [0.1, 0.15) is 24.1 Å². The molecular formula is C19H16ClN9. The van der Waals surface area contributed by atoms with Crippen molar-refractivity contribution < 1.29 is 0 Å². The predicted molar refractivity (Wildman–Crippen MR) is 111 cm³/mol. The maximum atomic E-state index is 9.41. The van der Waals surface area contributed by atoms with E-state index in [1.807, 2.05) is 42.0 Å². The van der Waals surface area contributed by atoms with Crippen LogP contribution in [0.4, 0.5) is 17.6 Å². The van der Waals surface area contributed by atoms with E-state index >= 15 is 0 Å². The molecule has 0 bridgehead atoms. The van der Waals surface area contributed by atoms with Gasteiger partial charge in [-0.1, -0.05) is 17.7 Å². The van der Waals surface area contributed by atoms with Gasteiger partial charge in [-0.15, -0.1) is 0 Å². The van der Waals surface area contributed by atoms with Crippen molar-refractivity contribution in [3.63, 3.8) is 0 Å². The minimum Gasteiger partial charge on any atom is -0.382 e. The van der Waals surface area contributed by atoms with Gasteiger partial charge in [0.2, 0.25) is 5.95 Å². The second-order valence-electron chi connectivity index (χ2n) is 6.30. The summed E-state index contributed by atoms with van der Waals surface area (Å²) in [6.45, 7) is 1.91. The van der Waals surface area contributed by atoms with Crippen LogP contribution in [0, 0.1) is 11.3 Å². The Labute approximate surface area is 171 Å². The molecule has 0 spiro atoms. The summed E-state index contributed by atoms with van der Waals surface area (Å²) in [6, 6.07) is 9.05. The smallest absolute Gasteiger partial charge is 0.224 e. The quantitative estimate of drug-likeness (QED) is 0.469. The second-order valence-corrected chi connectivity index (χ2v) is 6.71. The summed E-state index contributed by atoms with van der Waals surface area (Å²) in [5.41, 5.74) is 13.1. The number of nitrogens with zero attached hydrogens (tertiary/aromatic N) is 6. The van der Waals surface area contributed by atoms with Crippen molar-refractivity contribution in [1.29, 1.82) is 5.26 Å². The molecule has 9 nitrogen and oxygen atoms in total. The zero-order chi connectivity index (χ0) is 20.5. The van der Waals surface area contributed by atoms with E-state index in [4.69, 9.17) is 23.1 Å². The van der Waals surface area contributed by atoms with Gasteiger partial charge in [0.1, 0.15) is 28.9 Å². The molecule has 0 saturated heterocycles. The average Bonchev–Trinajstić information content (AvgIpc) is 3.09. The third-order valence-corrected chi connectivity index (χ3v) is 4.76. The fourth-order valence-corrected chi connectivity index (χ4v) is 3.39. The lowest BCUT2D eigenvalue weighted by Crippen LogP contribution is -2.13. The van der Waals surface area contributed by atoms with Crippen LogP contribution < -0.4 is 16.8 Å². The highest BCUT2D eigenvalue weighted by molar-refractivity contribution is 6.35. The summed E-state index contributed by atoms with van der Waals surface area (Å²) in [6.07, 6.45) is 5.26. The van der Waals surface area contributed by atoms with Crippen LogP contribution in [-0.4, -0.2) is 24.5 Å². The van der Waals surface area contributed by atoms with Crippen molar-refractivity contribution in [2.75, 3.05) is 16.8 Å². The van der Waals surface area contributed by atoms with Gasteiger partial charge in [-0.3, -0.25) is 4.57 Å². The monoisotopic (exact) mass is 405 g/mol. The van der Waals surface area contributed by atoms with Crippen molar-refractivity contribution in [3.8, 4) is 11.9 Å². The van der Waals surface area contributed by atoms with Gasteiger partial charge in [0.25, 0.3) is 0 Å². The van der Waals surface area contributed by atoms with E-state index < -0.39 is 0 Å². The maximum Gasteiger partial charge on any atom is 0.224 e. The fraction of sp³-hybridized carbons (Fsp3) is 0.105. The number of aromatic nitrogens is 5. The van der Waals surface area contributed by atoms with Crippen LogP contribution in [0.15, 0.2) is 42.9 Å². The number of halogens is 1. The number of nitrogen functional groups attached to an aromatic ring is 2. The first kappa shape index (κ1) is 18.5. The Hall–Kier alpha value is -3.90. The summed E-state index contributed by atoms with van der Waals surface area (Å²) in [5.74, 6) is 0.958. The molecule has 10 heteroatoms. The predicted octanol–water partition coefficient (Wildman–Crippen LogP) is 3.07. The second kappa shape index (κ2) is 7.26. The molecule has 4 rings (SSSR count). The minimum atomic E-state index is -0.301. The molecule has 4 aromatic rings. The first-order valence-corrected chi connectivity index (χ1v) is 9.04. The van der Waals surface area contributed by atoms with Crippen LogP contribution in [0.2, 0.25) is 5.02 Å². The average molecular weight is 406 g/mol. The van der Waals surface area contributed by atoms with E-state index in [0.717, 1.165) is 10.9 Å². The van der Waals surface area contributed by atoms with E-state index in [-0.39, 0.29) is 29.2 Å². The molecule has 4 heterocycles. The third kappa shape index (κ3) is 3.26. The number of anilines is 3. The van der Waals surface area contributed by atoms with Gasteiger partial charge in [0, 0.05) is 29.5 Å². The van der Waals surface area contributed by atoms with E-state index in [1.165, 1.54) is 0 Å². The van der Waals surface area contributed by atoms with Crippen molar-refractivity contribution in [1.82, 2.24) is 24.5 Å². The molecule has 0 radical (unpaired) electrons. The number of nitrogens with two attached hydrogens (primary N) is 2. The first-order chi connectivity index (χ1) is 14.0. The van der Waals surface area contributed by atoms with E-state index in [0.29, 0.717) is 16.5 Å². The van der Waals surface area contributed by atoms with E-state index in [1.54, 1.807) is 18.5 Å². The van der Waals surface area contributed by atoms with Gasteiger partial charge in [0.05, 0.1) is 11.1 Å². The summed E-state index contributed by atoms with van der Waals surface area (Å²) >= 11 is 6.50. The Morgan fingerprint density at radius 3 is 2.72 bits per heavy atom. The SMILES string of the molecule is CC(Nc1nc(N)nc(N)c1C#N)c1cn(-c2ccccn2)c2nccc(Cl)c12. The molecule has 0 saturated carbocycles. The topological polar surface area (TPSA) is 144 Å². The van der Waals surface area contributed by atoms with Crippen molar-refractivity contribution in [2.24, 2.45) is 0 Å². The zero-order valence-corrected chi connectivity index (χ0v) is 16.1. The highest BCUT2D eigenvalue weighted by atomic mass is 35.5. The number of hydrogen-bond acceptors (Lipinski definition) is 8. The molecule has 5 N–H and O–H groups in total. The summed E-state index contributed by atoms with van der Waals surface area (Å²) < 4.78 is 1.86. The van der Waals surface area contributed by atoms with Gasteiger partial charge in [-0.05, 0) is 25.1 Å². The van der Waals surface area contributed by atoms with Crippen LogP contribution in [0.25, 0.3) is 16.9 Å². The maximum absolute atomic E-state index is 9.41. The van der Waals surface area contributed by atoms with Crippen LogP contribution in [0.3, 0.4) is 0 Å². The van der Waals surface area contributed by atoms with Crippen molar-refractivity contribution in [2.45, 2.75) is 13.0 Å². The lowest BCUT2D eigenvalue weighted by Gasteiger charge is -2.16. The van der Waals surface area contributed by atoms with Crippen LogP contribution in [-0.2, 0) is 0 Å². The molecule has 0 amide bonds. The standard InChI is InChI=1S/C19H16ClN9/c1-10(26-17-11(8-21)16(22)27-19(23)28-17)12-9-29(14-4-2-3-6-24-14)18-15(12)13(20)5-7-25-18/h2-7,9-10H,1H3,(H5,22,23,26,27,28). The molecule has 1 atom stereocenters. The Kier molecular flexibility index (Phi) is 4.62. The molecule has 4 aromatic heterocycles. The molecular weight excluding hydrogens is 390 g/mol. The summed E-state index contributed by atoms with van der Waals surface area (Å²) in [5, 5.41) is 13.9. The zero-order valence-electron chi connectivity index (χ0n) is 15.3. The van der Waals surface area contributed by atoms with Gasteiger partial charge >= 0.3 is 0 Å². The summed E-state index contributed by atoms with van der Waals surface area (Å²) in [4.78, 5) is 16.8. The van der Waals surface area contributed by atoms with E-state index in [2.05, 4.69) is 25.3 Å². The largest absolute Gasteiger partial charge is 0.382 e. The number of hydrogen-bond donors (Lipinski definition) is 3. The molecule has 0 aliphatic heterocycles. The normalized spacial score (nSPS) is 11.9. The Bertz CT molecular complexity index is 1240. The highest BCUT2D eigenvalue weighted by Crippen LogP contribution is 2.34. The molecule has 29 heavy (non-hydrogen) atoms. The van der Waals surface area contributed by atoms with Gasteiger partial charge in [-0.2, -0.15) is 15.2 Å². The number of pyridine rings is 2. The highest BCUT2D eigenvalue weighted by Gasteiger charge is 2.21.